The van der Waals surface area contributed by atoms with Crippen LogP contribution in [0.5, 0.6) is 5.75 Å². The van der Waals surface area contributed by atoms with Gasteiger partial charge >= 0.3 is 0 Å². The van der Waals surface area contributed by atoms with Crippen LogP contribution in [0.4, 0.5) is 17.1 Å². The number of ketones is 1. The van der Waals surface area contributed by atoms with E-state index in [0.717, 1.165) is 11.4 Å². The van der Waals surface area contributed by atoms with Crippen molar-refractivity contribution in [2.75, 3.05) is 17.7 Å². The molecule has 27 heavy (non-hydrogen) atoms. The van der Waals surface area contributed by atoms with Crippen LogP contribution in [0.15, 0.2) is 66.9 Å². The smallest absolute Gasteiger partial charge is 0.274 e. The maximum absolute atomic E-state index is 12.4. The summed E-state index contributed by atoms with van der Waals surface area (Å²) in [5.74, 6) is 0.423. The molecular weight excluding hydrogens is 342 g/mol. The minimum Gasteiger partial charge on any atom is -0.497 e. The first-order valence-electron chi connectivity index (χ1n) is 8.34. The van der Waals surface area contributed by atoms with Crippen LogP contribution in [-0.4, -0.2) is 23.8 Å². The molecule has 3 rings (SSSR count). The molecule has 0 aliphatic heterocycles. The second kappa shape index (κ2) is 8.14. The number of amides is 1. The second-order valence-electron chi connectivity index (χ2n) is 5.87. The monoisotopic (exact) mass is 361 g/mol. The number of benzene rings is 2. The molecule has 0 bridgehead atoms. The van der Waals surface area contributed by atoms with Gasteiger partial charge in [0.2, 0.25) is 0 Å². The third-order valence-electron chi connectivity index (χ3n) is 3.92. The molecule has 6 heteroatoms. The molecule has 136 valence electrons. The Bertz CT molecular complexity index is 951. The van der Waals surface area contributed by atoms with Crippen molar-refractivity contribution in [3.05, 3.63) is 78.1 Å². The van der Waals surface area contributed by atoms with Crippen molar-refractivity contribution in [1.82, 2.24) is 4.98 Å². The van der Waals surface area contributed by atoms with Crippen LogP contribution in [0.25, 0.3) is 0 Å². The summed E-state index contributed by atoms with van der Waals surface area (Å²) in [5.41, 5.74) is 3.12. The van der Waals surface area contributed by atoms with Gasteiger partial charge in [0.1, 0.15) is 11.4 Å². The first-order chi connectivity index (χ1) is 13.0. The number of nitrogens with zero attached hydrogens (tertiary/aromatic N) is 1. The summed E-state index contributed by atoms with van der Waals surface area (Å²) >= 11 is 0. The van der Waals surface area contributed by atoms with Gasteiger partial charge in [-0.3, -0.25) is 14.6 Å². The molecule has 0 saturated heterocycles. The number of hydrogen-bond donors (Lipinski definition) is 2. The van der Waals surface area contributed by atoms with Gasteiger partial charge in [-0.1, -0.05) is 0 Å². The van der Waals surface area contributed by atoms with E-state index in [2.05, 4.69) is 15.6 Å². The van der Waals surface area contributed by atoms with E-state index in [1.807, 2.05) is 12.1 Å². The number of methoxy groups -OCH3 is 1. The van der Waals surface area contributed by atoms with Crippen molar-refractivity contribution in [1.29, 1.82) is 0 Å². The number of carbonyl (C=O) groups excluding carboxylic acids is 2. The van der Waals surface area contributed by atoms with Crippen molar-refractivity contribution >= 4 is 28.8 Å². The van der Waals surface area contributed by atoms with Crippen molar-refractivity contribution in [3.63, 3.8) is 0 Å². The molecule has 1 heterocycles. The van der Waals surface area contributed by atoms with Crippen molar-refractivity contribution in [2.24, 2.45) is 0 Å². The first-order valence-corrected chi connectivity index (χ1v) is 8.34. The minimum absolute atomic E-state index is 0.0166. The summed E-state index contributed by atoms with van der Waals surface area (Å²) in [6, 6.07) is 17.6. The molecule has 0 unspecified atom stereocenters. The topological polar surface area (TPSA) is 80.3 Å². The van der Waals surface area contributed by atoms with E-state index in [0.29, 0.717) is 17.0 Å². The maximum atomic E-state index is 12.4. The van der Waals surface area contributed by atoms with Gasteiger partial charge in [0, 0.05) is 28.8 Å². The van der Waals surface area contributed by atoms with E-state index in [-0.39, 0.29) is 17.4 Å². The van der Waals surface area contributed by atoms with Gasteiger partial charge in [-0.05, 0) is 67.6 Å². The van der Waals surface area contributed by atoms with Crippen LogP contribution in [0, 0.1) is 0 Å². The number of nitrogens with one attached hydrogen (secondary N) is 2. The van der Waals surface area contributed by atoms with Crippen LogP contribution in [0.2, 0.25) is 0 Å². The van der Waals surface area contributed by atoms with E-state index in [4.69, 9.17) is 4.74 Å². The number of anilines is 3. The fourth-order valence-corrected chi connectivity index (χ4v) is 2.46. The lowest BCUT2D eigenvalue weighted by Gasteiger charge is -2.09. The predicted molar refractivity (Wildman–Crippen MR) is 105 cm³/mol. The third kappa shape index (κ3) is 4.70. The van der Waals surface area contributed by atoms with Gasteiger partial charge in [0.25, 0.3) is 5.91 Å². The molecule has 0 aliphatic carbocycles. The molecule has 0 fully saturated rings. The van der Waals surface area contributed by atoms with Gasteiger partial charge in [-0.2, -0.15) is 0 Å². The predicted octanol–water partition coefficient (Wildman–Crippen LogP) is 4.29. The molecular formula is C21H19N3O3. The fraction of sp³-hybridized carbons (Fsp3) is 0.0952. The lowest BCUT2D eigenvalue weighted by Crippen LogP contribution is -2.13. The summed E-state index contributed by atoms with van der Waals surface area (Å²) in [6.07, 6.45) is 1.56. The molecule has 0 saturated carbocycles. The highest BCUT2D eigenvalue weighted by Gasteiger charge is 2.09. The van der Waals surface area contributed by atoms with Crippen molar-refractivity contribution in [2.45, 2.75) is 6.92 Å². The van der Waals surface area contributed by atoms with Gasteiger partial charge in [-0.15, -0.1) is 0 Å². The molecule has 0 radical (unpaired) electrons. The van der Waals surface area contributed by atoms with E-state index >= 15 is 0 Å². The van der Waals surface area contributed by atoms with Crippen LogP contribution >= 0.6 is 0 Å². The average molecular weight is 361 g/mol. The summed E-state index contributed by atoms with van der Waals surface area (Å²) in [6.45, 7) is 1.53. The molecule has 2 N–H and O–H groups in total. The van der Waals surface area contributed by atoms with Crippen LogP contribution in [0.3, 0.4) is 0 Å². The van der Waals surface area contributed by atoms with Crippen LogP contribution < -0.4 is 15.4 Å². The summed E-state index contributed by atoms with van der Waals surface area (Å²) in [5, 5.41) is 5.99. The lowest BCUT2D eigenvalue weighted by atomic mass is 10.1. The highest BCUT2D eigenvalue weighted by Crippen LogP contribution is 2.19. The Hall–Kier alpha value is -3.67. The number of ether oxygens (including phenoxy) is 1. The number of carbonyl (C=O) groups is 2. The summed E-state index contributed by atoms with van der Waals surface area (Å²) < 4.78 is 5.10. The van der Waals surface area contributed by atoms with Gasteiger partial charge in [-0.25, -0.2) is 0 Å². The fourth-order valence-electron chi connectivity index (χ4n) is 2.46. The zero-order valence-corrected chi connectivity index (χ0v) is 15.0. The average Bonchev–Trinajstić information content (AvgIpc) is 2.69. The molecule has 0 spiro atoms. The molecule has 1 aromatic heterocycles. The van der Waals surface area contributed by atoms with Crippen LogP contribution in [-0.2, 0) is 0 Å². The van der Waals surface area contributed by atoms with Crippen molar-refractivity contribution in [3.8, 4) is 5.75 Å². The molecule has 1 amide bonds. The molecule has 6 nitrogen and oxygen atoms in total. The Labute approximate surface area is 157 Å². The maximum Gasteiger partial charge on any atom is 0.274 e. The molecule has 0 atom stereocenters. The minimum atomic E-state index is -0.309. The van der Waals surface area contributed by atoms with Gasteiger partial charge in [0.15, 0.2) is 5.78 Å². The number of pyridine rings is 1. The first kappa shape index (κ1) is 18.1. The van der Waals surface area contributed by atoms with Crippen LogP contribution in [0.1, 0.15) is 27.8 Å². The molecule has 3 aromatic rings. The third-order valence-corrected chi connectivity index (χ3v) is 3.92. The van der Waals surface area contributed by atoms with Gasteiger partial charge in [0.05, 0.1) is 7.11 Å². The summed E-state index contributed by atoms with van der Waals surface area (Å²) in [7, 11) is 1.59. The van der Waals surface area contributed by atoms with Crippen molar-refractivity contribution < 1.29 is 14.3 Å². The Balaban J connectivity index is 1.70. The number of aromatic nitrogens is 1. The quantitative estimate of drug-likeness (QED) is 0.640. The lowest BCUT2D eigenvalue weighted by molar-refractivity contribution is 0.101. The normalized spacial score (nSPS) is 10.1. The zero-order valence-electron chi connectivity index (χ0n) is 15.0. The Morgan fingerprint density at radius 2 is 1.56 bits per heavy atom. The van der Waals surface area contributed by atoms with Gasteiger partial charge < -0.3 is 15.4 Å². The Morgan fingerprint density at radius 1 is 0.889 bits per heavy atom. The second-order valence-corrected chi connectivity index (χ2v) is 5.87. The number of rotatable bonds is 6. The number of Topliss-reactive ketones (excluding diaryl/α,β-unsaturated/α-hetero) is 1. The number of hydrogen-bond acceptors (Lipinski definition) is 5. The van der Waals surface area contributed by atoms with E-state index < -0.39 is 0 Å². The Morgan fingerprint density at radius 3 is 2.19 bits per heavy atom. The molecule has 0 aliphatic rings. The largest absolute Gasteiger partial charge is 0.497 e. The molecule has 2 aromatic carbocycles. The van der Waals surface area contributed by atoms with E-state index in [1.165, 1.54) is 6.92 Å². The highest BCUT2D eigenvalue weighted by atomic mass is 16.5. The SMILES string of the molecule is COc1ccc(NC(=O)c2cc(Nc3ccc(C(C)=O)cc3)ccn2)cc1. The summed E-state index contributed by atoms with van der Waals surface area (Å²) in [4.78, 5) is 27.9. The Kier molecular flexibility index (Phi) is 5.47. The highest BCUT2D eigenvalue weighted by molar-refractivity contribution is 6.03. The standard InChI is InChI=1S/C21H19N3O3/c1-14(25)15-3-5-16(6-4-15)23-18-11-12-22-20(13-18)21(26)24-17-7-9-19(27-2)10-8-17/h3-13H,1-2H3,(H,22,23)(H,24,26). The van der Waals surface area contributed by atoms with E-state index in [1.54, 1.807) is 61.8 Å². The van der Waals surface area contributed by atoms with E-state index in [9.17, 15) is 9.59 Å². The zero-order chi connectivity index (χ0) is 19.2.